The fourth-order valence-electron chi connectivity index (χ4n) is 1.78. The predicted molar refractivity (Wildman–Crippen MR) is 77.3 cm³/mol. The largest absolute Gasteiger partial charge is 0.496 e. The molecule has 18 heavy (non-hydrogen) atoms. The molecule has 0 aliphatic rings. The highest BCUT2D eigenvalue weighted by Gasteiger charge is 2.14. The van der Waals surface area contributed by atoms with Crippen LogP contribution in [0.2, 0.25) is 0 Å². The lowest BCUT2D eigenvalue weighted by atomic mass is 10.0. The van der Waals surface area contributed by atoms with Crippen LogP contribution in [0.25, 0.3) is 0 Å². The molecule has 3 nitrogen and oxygen atoms in total. The number of rotatable bonds is 6. The van der Waals surface area contributed by atoms with Crippen LogP contribution in [0.15, 0.2) is 12.1 Å². The van der Waals surface area contributed by atoms with Crippen molar-refractivity contribution in [1.29, 1.82) is 0 Å². The van der Waals surface area contributed by atoms with E-state index in [9.17, 15) is 0 Å². The molecule has 0 fully saturated rings. The van der Waals surface area contributed by atoms with Crippen molar-refractivity contribution in [3.63, 3.8) is 0 Å². The minimum absolute atomic E-state index is 0.104. The number of likely N-dealkylation sites (N-methyl/N-ethyl adjacent to an activating group) is 1. The van der Waals surface area contributed by atoms with Gasteiger partial charge in [-0.15, -0.1) is 0 Å². The van der Waals surface area contributed by atoms with E-state index < -0.39 is 0 Å². The molecule has 0 aliphatic heterocycles. The van der Waals surface area contributed by atoms with Crippen molar-refractivity contribution in [1.82, 2.24) is 10.6 Å². The Kier molecular flexibility index (Phi) is 5.17. The van der Waals surface area contributed by atoms with Gasteiger partial charge < -0.3 is 15.4 Å². The predicted octanol–water partition coefficient (Wildman–Crippen LogP) is 2.40. The maximum Gasteiger partial charge on any atom is 0.123 e. The minimum Gasteiger partial charge on any atom is -0.496 e. The Morgan fingerprint density at radius 2 is 1.78 bits per heavy atom. The van der Waals surface area contributed by atoms with E-state index in [1.54, 1.807) is 7.11 Å². The van der Waals surface area contributed by atoms with Gasteiger partial charge in [0.25, 0.3) is 0 Å². The molecule has 2 N–H and O–H groups in total. The highest BCUT2D eigenvalue weighted by Crippen LogP contribution is 2.22. The molecule has 1 rings (SSSR count). The van der Waals surface area contributed by atoms with Crippen molar-refractivity contribution in [2.75, 3.05) is 20.7 Å². The zero-order chi connectivity index (χ0) is 13.8. The molecule has 0 radical (unpaired) electrons. The Hall–Kier alpha value is -1.06. The molecule has 0 atom stereocenters. The zero-order valence-corrected chi connectivity index (χ0v) is 12.5. The number of aryl methyl sites for hydroxylation is 2. The van der Waals surface area contributed by atoms with Crippen molar-refractivity contribution in [3.05, 3.63) is 28.8 Å². The van der Waals surface area contributed by atoms with Crippen molar-refractivity contribution in [2.24, 2.45) is 0 Å². The lowest BCUT2D eigenvalue weighted by Gasteiger charge is -2.24. The van der Waals surface area contributed by atoms with Crippen LogP contribution in [-0.4, -0.2) is 26.2 Å². The van der Waals surface area contributed by atoms with E-state index in [1.807, 2.05) is 7.05 Å². The molecular weight excluding hydrogens is 224 g/mol. The number of benzene rings is 1. The summed E-state index contributed by atoms with van der Waals surface area (Å²) in [5, 5.41) is 6.75. The monoisotopic (exact) mass is 250 g/mol. The second kappa shape index (κ2) is 6.21. The second-order valence-electron chi connectivity index (χ2n) is 5.49. The first-order valence-electron chi connectivity index (χ1n) is 6.43. The summed E-state index contributed by atoms with van der Waals surface area (Å²) in [6.07, 6.45) is 0. The van der Waals surface area contributed by atoms with E-state index >= 15 is 0 Å². The summed E-state index contributed by atoms with van der Waals surface area (Å²) in [7, 11) is 3.71. The van der Waals surface area contributed by atoms with Crippen LogP contribution in [0.5, 0.6) is 5.75 Å². The topological polar surface area (TPSA) is 33.3 Å². The molecule has 0 aliphatic carbocycles. The number of methoxy groups -OCH3 is 1. The summed E-state index contributed by atoms with van der Waals surface area (Å²) in [6, 6.07) is 4.31. The van der Waals surface area contributed by atoms with Gasteiger partial charge in [-0.3, -0.25) is 0 Å². The first-order chi connectivity index (χ1) is 8.39. The minimum atomic E-state index is 0.104. The number of nitrogens with one attached hydrogen (secondary N) is 2. The Morgan fingerprint density at radius 1 is 1.17 bits per heavy atom. The summed E-state index contributed by atoms with van der Waals surface area (Å²) in [5.41, 5.74) is 3.90. The second-order valence-corrected chi connectivity index (χ2v) is 5.49. The third-order valence-corrected chi connectivity index (χ3v) is 3.46. The Bertz CT molecular complexity index is 400. The maximum atomic E-state index is 5.43. The highest BCUT2D eigenvalue weighted by atomic mass is 16.5. The van der Waals surface area contributed by atoms with E-state index in [1.165, 1.54) is 16.7 Å². The smallest absolute Gasteiger partial charge is 0.123 e. The van der Waals surface area contributed by atoms with Crippen molar-refractivity contribution >= 4 is 0 Å². The average molecular weight is 250 g/mol. The van der Waals surface area contributed by atoms with Crippen molar-refractivity contribution in [2.45, 2.75) is 39.8 Å². The van der Waals surface area contributed by atoms with Crippen LogP contribution < -0.4 is 15.4 Å². The van der Waals surface area contributed by atoms with Crippen LogP contribution in [-0.2, 0) is 6.54 Å². The number of hydrogen-bond donors (Lipinski definition) is 2. The van der Waals surface area contributed by atoms with E-state index in [-0.39, 0.29) is 5.54 Å². The van der Waals surface area contributed by atoms with Gasteiger partial charge in [-0.05, 0) is 51.9 Å². The van der Waals surface area contributed by atoms with Gasteiger partial charge in [-0.25, -0.2) is 0 Å². The first-order valence-corrected chi connectivity index (χ1v) is 6.43. The van der Waals surface area contributed by atoms with Gasteiger partial charge in [0.1, 0.15) is 5.75 Å². The van der Waals surface area contributed by atoms with Crippen LogP contribution in [0.4, 0.5) is 0 Å². The third kappa shape index (κ3) is 4.00. The van der Waals surface area contributed by atoms with Gasteiger partial charge in [0.15, 0.2) is 0 Å². The van der Waals surface area contributed by atoms with Gasteiger partial charge in [0.05, 0.1) is 7.11 Å². The molecule has 0 heterocycles. The Morgan fingerprint density at radius 3 is 2.33 bits per heavy atom. The molecule has 0 aromatic heterocycles. The van der Waals surface area contributed by atoms with E-state index in [4.69, 9.17) is 4.74 Å². The Balaban J connectivity index is 2.70. The van der Waals surface area contributed by atoms with E-state index in [0.717, 1.165) is 18.8 Å². The lowest BCUT2D eigenvalue weighted by Crippen LogP contribution is -2.45. The van der Waals surface area contributed by atoms with E-state index in [2.05, 4.69) is 50.5 Å². The molecule has 0 bridgehead atoms. The summed E-state index contributed by atoms with van der Waals surface area (Å²) in [4.78, 5) is 0. The SMILES string of the molecule is CNC(C)(C)CNCc1cc(C)c(C)cc1OC. The molecule has 0 spiro atoms. The zero-order valence-electron chi connectivity index (χ0n) is 12.5. The summed E-state index contributed by atoms with van der Waals surface area (Å²) in [6.45, 7) is 10.3. The van der Waals surface area contributed by atoms with Crippen LogP contribution in [0.3, 0.4) is 0 Å². The molecule has 1 aromatic carbocycles. The van der Waals surface area contributed by atoms with Gasteiger partial charge in [0.2, 0.25) is 0 Å². The van der Waals surface area contributed by atoms with Gasteiger partial charge >= 0.3 is 0 Å². The normalized spacial score (nSPS) is 11.7. The number of hydrogen-bond acceptors (Lipinski definition) is 3. The molecule has 102 valence electrons. The van der Waals surface area contributed by atoms with Gasteiger partial charge in [0, 0.05) is 24.2 Å². The van der Waals surface area contributed by atoms with Crippen molar-refractivity contribution in [3.8, 4) is 5.75 Å². The highest BCUT2D eigenvalue weighted by molar-refractivity contribution is 5.41. The fourth-order valence-corrected chi connectivity index (χ4v) is 1.78. The van der Waals surface area contributed by atoms with E-state index in [0.29, 0.717) is 0 Å². The molecule has 3 heteroatoms. The summed E-state index contributed by atoms with van der Waals surface area (Å²) >= 11 is 0. The quantitative estimate of drug-likeness (QED) is 0.813. The van der Waals surface area contributed by atoms with Crippen LogP contribution in [0.1, 0.15) is 30.5 Å². The molecular formula is C15H26N2O. The third-order valence-electron chi connectivity index (χ3n) is 3.46. The molecule has 1 aromatic rings. The lowest BCUT2D eigenvalue weighted by molar-refractivity contribution is 0.384. The van der Waals surface area contributed by atoms with Crippen LogP contribution in [0, 0.1) is 13.8 Å². The van der Waals surface area contributed by atoms with Crippen LogP contribution >= 0.6 is 0 Å². The molecule has 0 saturated heterocycles. The van der Waals surface area contributed by atoms with Gasteiger partial charge in [-0.1, -0.05) is 6.07 Å². The molecule has 0 saturated carbocycles. The number of ether oxygens (including phenoxy) is 1. The summed E-state index contributed by atoms with van der Waals surface area (Å²) < 4.78 is 5.43. The average Bonchev–Trinajstić information content (AvgIpc) is 2.33. The maximum absolute atomic E-state index is 5.43. The Labute approximate surface area is 111 Å². The molecule has 0 unspecified atom stereocenters. The standard InChI is InChI=1S/C15H26N2O/c1-11-7-13(14(18-6)8-12(11)2)9-17-10-15(3,4)16-5/h7-8,16-17H,9-10H2,1-6H3. The van der Waals surface area contributed by atoms with Gasteiger partial charge in [-0.2, -0.15) is 0 Å². The van der Waals surface area contributed by atoms with Crippen molar-refractivity contribution < 1.29 is 4.74 Å². The summed E-state index contributed by atoms with van der Waals surface area (Å²) in [5.74, 6) is 0.966. The molecule has 0 amide bonds. The first kappa shape index (κ1) is 15.0. The fraction of sp³-hybridized carbons (Fsp3) is 0.600.